The first-order valence-corrected chi connectivity index (χ1v) is 5.78. The molecule has 3 nitrogen and oxygen atoms in total. The van der Waals surface area contributed by atoms with Crippen LogP contribution in [0.2, 0.25) is 0 Å². The van der Waals surface area contributed by atoms with Crippen LogP contribution in [-0.4, -0.2) is 19.0 Å². The summed E-state index contributed by atoms with van der Waals surface area (Å²) in [5, 5.41) is 2.92. The molecule has 0 unspecified atom stereocenters. The second-order valence-corrected chi connectivity index (χ2v) is 3.66. The lowest BCUT2D eigenvalue weighted by molar-refractivity contribution is -0.121. The van der Waals surface area contributed by atoms with Gasteiger partial charge in [0.05, 0.1) is 0 Å². The molecule has 3 N–H and O–H groups in total. The molecular formula is C11H24N2O. The van der Waals surface area contributed by atoms with Gasteiger partial charge in [0, 0.05) is 13.0 Å². The molecule has 14 heavy (non-hydrogen) atoms. The van der Waals surface area contributed by atoms with E-state index in [4.69, 9.17) is 5.73 Å². The lowest BCUT2D eigenvalue weighted by Crippen LogP contribution is -2.24. The third kappa shape index (κ3) is 9.52. The highest BCUT2D eigenvalue weighted by Crippen LogP contribution is 1.98. The molecular weight excluding hydrogens is 176 g/mol. The normalized spacial score (nSPS) is 10.1. The number of hydrogen-bond acceptors (Lipinski definition) is 2. The van der Waals surface area contributed by atoms with Crippen LogP contribution in [0.4, 0.5) is 0 Å². The Balaban J connectivity index is 3.10. The first-order chi connectivity index (χ1) is 6.81. The SMILES string of the molecule is CCCCCC(=O)NCCCCCN. The van der Waals surface area contributed by atoms with Crippen molar-refractivity contribution in [1.29, 1.82) is 0 Å². The van der Waals surface area contributed by atoms with Gasteiger partial charge in [0.25, 0.3) is 0 Å². The number of carbonyl (C=O) groups is 1. The average molecular weight is 200 g/mol. The minimum atomic E-state index is 0.200. The minimum Gasteiger partial charge on any atom is -0.356 e. The van der Waals surface area contributed by atoms with Crippen molar-refractivity contribution in [1.82, 2.24) is 5.32 Å². The minimum absolute atomic E-state index is 0.200. The predicted octanol–water partition coefficient (Wildman–Crippen LogP) is 1.81. The molecule has 0 bridgehead atoms. The summed E-state index contributed by atoms with van der Waals surface area (Å²) in [5.41, 5.74) is 5.36. The summed E-state index contributed by atoms with van der Waals surface area (Å²) in [6.45, 7) is 3.71. The Morgan fingerprint density at radius 2 is 1.93 bits per heavy atom. The van der Waals surface area contributed by atoms with E-state index in [1.165, 1.54) is 6.42 Å². The van der Waals surface area contributed by atoms with Gasteiger partial charge in [-0.15, -0.1) is 0 Å². The number of rotatable bonds is 9. The van der Waals surface area contributed by atoms with Crippen LogP contribution < -0.4 is 11.1 Å². The quantitative estimate of drug-likeness (QED) is 0.558. The van der Waals surface area contributed by atoms with Crippen molar-refractivity contribution in [2.75, 3.05) is 13.1 Å². The fourth-order valence-electron chi connectivity index (χ4n) is 1.30. The first-order valence-electron chi connectivity index (χ1n) is 5.78. The van der Waals surface area contributed by atoms with E-state index in [0.29, 0.717) is 6.42 Å². The van der Waals surface area contributed by atoms with Gasteiger partial charge >= 0.3 is 0 Å². The molecule has 0 aliphatic carbocycles. The number of nitrogens with one attached hydrogen (secondary N) is 1. The summed E-state index contributed by atoms with van der Waals surface area (Å²) in [6, 6.07) is 0. The van der Waals surface area contributed by atoms with Gasteiger partial charge in [0.1, 0.15) is 0 Å². The number of amides is 1. The Kier molecular flexibility index (Phi) is 10.1. The highest BCUT2D eigenvalue weighted by molar-refractivity contribution is 5.75. The van der Waals surface area contributed by atoms with Crippen molar-refractivity contribution >= 4 is 5.91 Å². The maximum Gasteiger partial charge on any atom is 0.219 e. The zero-order valence-corrected chi connectivity index (χ0v) is 9.35. The maximum atomic E-state index is 11.2. The Labute approximate surface area is 87.4 Å². The van der Waals surface area contributed by atoms with Crippen molar-refractivity contribution in [3.63, 3.8) is 0 Å². The van der Waals surface area contributed by atoms with Gasteiger partial charge in [0.15, 0.2) is 0 Å². The lowest BCUT2D eigenvalue weighted by atomic mass is 10.2. The van der Waals surface area contributed by atoms with Crippen molar-refractivity contribution in [2.45, 2.75) is 51.9 Å². The van der Waals surface area contributed by atoms with E-state index in [1.54, 1.807) is 0 Å². The standard InChI is InChI=1S/C11H24N2O/c1-2-3-5-8-11(14)13-10-7-4-6-9-12/h2-10,12H2,1H3,(H,13,14). The van der Waals surface area contributed by atoms with Crippen LogP contribution in [0, 0.1) is 0 Å². The molecule has 0 aromatic rings. The number of hydrogen-bond donors (Lipinski definition) is 2. The fraction of sp³-hybridized carbons (Fsp3) is 0.909. The highest BCUT2D eigenvalue weighted by Gasteiger charge is 1.98. The second-order valence-electron chi connectivity index (χ2n) is 3.66. The summed E-state index contributed by atoms with van der Waals surface area (Å²) in [7, 11) is 0. The van der Waals surface area contributed by atoms with Crippen LogP contribution >= 0.6 is 0 Å². The van der Waals surface area contributed by atoms with Gasteiger partial charge in [-0.2, -0.15) is 0 Å². The average Bonchev–Trinajstić information content (AvgIpc) is 2.18. The molecule has 0 heterocycles. The van der Waals surface area contributed by atoms with E-state index in [0.717, 1.165) is 45.2 Å². The highest BCUT2D eigenvalue weighted by atomic mass is 16.1. The largest absolute Gasteiger partial charge is 0.356 e. The van der Waals surface area contributed by atoms with E-state index >= 15 is 0 Å². The Morgan fingerprint density at radius 3 is 2.57 bits per heavy atom. The van der Waals surface area contributed by atoms with Crippen LogP contribution in [0.15, 0.2) is 0 Å². The van der Waals surface area contributed by atoms with E-state index in [-0.39, 0.29) is 5.91 Å². The first kappa shape index (κ1) is 13.4. The molecule has 0 aromatic heterocycles. The summed E-state index contributed by atoms with van der Waals surface area (Å²) < 4.78 is 0. The van der Waals surface area contributed by atoms with Crippen molar-refractivity contribution in [3.8, 4) is 0 Å². The number of nitrogens with two attached hydrogens (primary N) is 1. The van der Waals surface area contributed by atoms with Gasteiger partial charge in [-0.25, -0.2) is 0 Å². The van der Waals surface area contributed by atoms with Gasteiger partial charge in [-0.05, 0) is 25.8 Å². The molecule has 0 aliphatic rings. The van der Waals surface area contributed by atoms with Gasteiger partial charge in [-0.3, -0.25) is 4.79 Å². The third-order valence-corrected chi connectivity index (χ3v) is 2.21. The van der Waals surface area contributed by atoms with E-state index in [1.807, 2.05) is 0 Å². The second kappa shape index (κ2) is 10.5. The summed E-state index contributed by atoms with van der Waals surface area (Å²) in [5.74, 6) is 0.200. The molecule has 0 aliphatic heterocycles. The van der Waals surface area contributed by atoms with Crippen molar-refractivity contribution in [3.05, 3.63) is 0 Å². The van der Waals surface area contributed by atoms with E-state index in [2.05, 4.69) is 12.2 Å². The van der Waals surface area contributed by atoms with Gasteiger partial charge in [-0.1, -0.05) is 26.2 Å². The fourth-order valence-corrected chi connectivity index (χ4v) is 1.30. The van der Waals surface area contributed by atoms with Crippen LogP contribution in [0.25, 0.3) is 0 Å². The lowest BCUT2D eigenvalue weighted by Gasteiger charge is -2.04. The summed E-state index contributed by atoms with van der Waals surface area (Å²) in [6.07, 6.45) is 7.26. The molecule has 0 atom stereocenters. The van der Waals surface area contributed by atoms with Crippen LogP contribution in [0.5, 0.6) is 0 Å². The van der Waals surface area contributed by atoms with Crippen LogP contribution in [0.1, 0.15) is 51.9 Å². The zero-order valence-electron chi connectivity index (χ0n) is 9.35. The smallest absolute Gasteiger partial charge is 0.219 e. The van der Waals surface area contributed by atoms with Crippen molar-refractivity contribution in [2.24, 2.45) is 5.73 Å². The topological polar surface area (TPSA) is 55.1 Å². The molecule has 1 amide bonds. The van der Waals surface area contributed by atoms with E-state index < -0.39 is 0 Å². The number of carbonyl (C=O) groups excluding carboxylic acids is 1. The molecule has 0 aromatic carbocycles. The van der Waals surface area contributed by atoms with Crippen LogP contribution in [-0.2, 0) is 4.79 Å². The summed E-state index contributed by atoms with van der Waals surface area (Å²) in [4.78, 5) is 11.2. The molecule has 0 spiro atoms. The predicted molar refractivity (Wildman–Crippen MR) is 60.1 cm³/mol. The molecule has 3 heteroatoms. The molecule has 0 saturated heterocycles. The van der Waals surface area contributed by atoms with Gasteiger partial charge in [0.2, 0.25) is 5.91 Å². The monoisotopic (exact) mass is 200 g/mol. The third-order valence-electron chi connectivity index (χ3n) is 2.21. The molecule has 0 saturated carbocycles. The Hall–Kier alpha value is -0.570. The number of unbranched alkanes of at least 4 members (excludes halogenated alkanes) is 4. The molecule has 0 rings (SSSR count). The zero-order chi connectivity index (χ0) is 10.6. The Morgan fingerprint density at radius 1 is 1.14 bits per heavy atom. The molecule has 0 radical (unpaired) electrons. The van der Waals surface area contributed by atoms with E-state index in [9.17, 15) is 4.79 Å². The molecule has 84 valence electrons. The Bertz CT molecular complexity index is 137. The maximum absolute atomic E-state index is 11.2. The van der Waals surface area contributed by atoms with Crippen LogP contribution in [0.3, 0.4) is 0 Å². The summed E-state index contributed by atoms with van der Waals surface area (Å²) >= 11 is 0. The van der Waals surface area contributed by atoms with Gasteiger partial charge < -0.3 is 11.1 Å². The van der Waals surface area contributed by atoms with Crippen molar-refractivity contribution < 1.29 is 4.79 Å². The molecule has 0 fully saturated rings.